The molecule has 0 saturated heterocycles. The van der Waals surface area contributed by atoms with Crippen molar-refractivity contribution in [3.05, 3.63) is 65.2 Å². The fourth-order valence-electron chi connectivity index (χ4n) is 1.79. The lowest BCUT2D eigenvalue weighted by atomic mass is 10.1. The summed E-state index contributed by atoms with van der Waals surface area (Å²) in [5.41, 5.74) is 2.05. The van der Waals surface area contributed by atoms with Gasteiger partial charge < -0.3 is 5.32 Å². The summed E-state index contributed by atoms with van der Waals surface area (Å²) in [4.78, 5) is 4.07. The maximum atomic E-state index is 13.2. The first kappa shape index (κ1) is 13.2. The van der Waals surface area contributed by atoms with E-state index in [0.29, 0.717) is 6.54 Å². The number of hydrogen-bond donors (Lipinski definition) is 1. The molecule has 2 rings (SSSR count). The summed E-state index contributed by atoms with van der Waals surface area (Å²) < 4.78 is 13.2. The number of nitriles is 1. The molecule has 1 aromatic carbocycles. The Labute approximate surface area is 111 Å². The second-order valence-corrected chi connectivity index (χ2v) is 4.31. The van der Waals surface area contributed by atoms with Gasteiger partial charge in [-0.1, -0.05) is 12.1 Å². The number of halogens is 1. The third kappa shape index (κ3) is 3.36. The number of nitrogens with zero attached hydrogens (tertiary/aromatic N) is 2. The first-order chi connectivity index (χ1) is 9.20. The van der Waals surface area contributed by atoms with Gasteiger partial charge in [0.15, 0.2) is 0 Å². The van der Waals surface area contributed by atoms with E-state index in [4.69, 9.17) is 5.26 Å². The highest BCUT2D eigenvalue weighted by Gasteiger charge is 2.06. The molecule has 0 aliphatic rings. The van der Waals surface area contributed by atoms with E-state index < -0.39 is 5.82 Å². The van der Waals surface area contributed by atoms with E-state index in [9.17, 15) is 4.39 Å². The molecular formula is C15H14FN3. The molecule has 0 spiro atoms. The Morgan fingerprint density at radius 3 is 2.95 bits per heavy atom. The average Bonchev–Trinajstić information content (AvgIpc) is 2.47. The van der Waals surface area contributed by atoms with Crippen LogP contribution in [0.15, 0.2) is 42.7 Å². The molecule has 3 nitrogen and oxygen atoms in total. The Balaban J connectivity index is 2.01. The summed E-state index contributed by atoms with van der Waals surface area (Å²) in [5.74, 6) is -0.480. The van der Waals surface area contributed by atoms with Crippen LogP contribution in [-0.4, -0.2) is 4.98 Å². The molecule has 1 heterocycles. The lowest BCUT2D eigenvalue weighted by Gasteiger charge is -2.13. The minimum absolute atomic E-state index is 0.0772. The van der Waals surface area contributed by atoms with Crippen molar-refractivity contribution in [3.8, 4) is 6.07 Å². The van der Waals surface area contributed by atoms with Gasteiger partial charge in [-0.2, -0.15) is 5.26 Å². The summed E-state index contributed by atoms with van der Waals surface area (Å²) in [7, 11) is 0. The van der Waals surface area contributed by atoms with Crippen LogP contribution in [0.3, 0.4) is 0 Å². The van der Waals surface area contributed by atoms with Gasteiger partial charge in [0, 0.05) is 25.0 Å². The summed E-state index contributed by atoms with van der Waals surface area (Å²) in [5, 5.41) is 12.1. The van der Waals surface area contributed by atoms with Gasteiger partial charge in [0.1, 0.15) is 11.9 Å². The maximum absolute atomic E-state index is 13.2. The number of rotatable bonds is 4. The van der Waals surface area contributed by atoms with Crippen molar-refractivity contribution in [2.24, 2.45) is 0 Å². The molecule has 1 N–H and O–H groups in total. The van der Waals surface area contributed by atoms with Crippen LogP contribution in [-0.2, 0) is 6.54 Å². The van der Waals surface area contributed by atoms with Crippen LogP contribution in [0.5, 0.6) is 0 Å². The molecule has 1 aromatic heterocycles. The van der Waals surface area contributed by atoms with Crippen LogP contribution in [0.4, 0.5) is 4.39 Å². The molecule has 0 fully saturated rings. The molecule has 96 valence electrons. The first-order valence-electron chi connectivity index (χ1n) is 6.02. The fraction of sp³-hybridized carbons (Fsp3) is 0.200. The van der Waals surface area contributed by atoms with Crippen molar-refractivity contribution in [2.45, 2.75) is 19.5 Å². The van der Waals surface area contributed by atoms with Crippen molar-refractivity contribution in [1.29, 1.82) is 5.26 Å². The van der Waals surface area contributed by atoms with E-state index in [2.05, 4.69) is 10.3 Å². The maximum Gasteiger partial charge on any atom is 0.140 e. The molecule has 0 amide bonds. The first-order valence-corrected chi connectivity index (χ1v) is 6.02. The number of benzene rings is 1. The van der Waals surface area contributed by atoms with Crippen molar-refractivity contribution in [2.75, 3.05) is 0 Å². The highest BCUT2D eigenvalue weighted by atomic mass is 19.1. The fourth-order valence-corrected chi connectivity index (χ4v) is 1.79. The molecule has 19 heavy (non-hydrogen) atoms. The molecule has 0 unspecified atom stereocenters. The van der Waals surface area contributed by atoms with Gasteiger partial charge in [-0.15, -0.1) is 0 Å². The molecule has 1 atom stereocenters. The lowest BCUT2D eigenvalue weighted by molar-refractivity contribution is 0.571. The third-order valence-electron chi connectivity index (χ3n) is 2.95. The van der Waals surface area contributed by atoms with E-state index in [0.717, 1.165) is 11.1 Å². The second-order valence-electron chi connectivity index (χ2n) is 4.31. The summed E-state index contributed by atoms with van der Waals surface area (Å²) in [6.45, 7) is 2.61. The normalized spacial score (nSPS) is 11.8. The number of pyridine rings is 1. The number of hydrogen-bond acceptors (Lipinski definition) is 3. The quantitative estimate of drug-likeness (QED) is 0.913. The molecule has 2 aromatic rings. The Bertz CT molecular complexity index is 590. The Kier molecular flexibility index (Phi) is 4.22. The lowest BCUT2D eigenvalue weighted by Crippen LogP contribution is -2.18. The molecule has 0 radical (unpaired) electrons. The van der Waals surface area contributed by atoms with Crippen LogP contribution in [0, 0.1) is 17.1 Å². The largest absolute Gasteiger partial charge is 0.306 e. The zero-order chi connectivity index (χ0) is 13.7. The van der Waals surface area contributed by atoms with Crippen LogP contribution in [0.25, 0.3) is 0 Å². The van der Waals surface area contributed by atoms with Crippen molar-refractivity contribution in [3.63, 3.8) is 0 Å². The standard InChI is InChI=1S/C15H14FN3/c1-11(13-3-2-6-18-10-13)19-9-12-4-5-15(16)14(7-12)8-17/h2-7,10-11,19H,9H2,1H3/t11-/m0/s1. The molecule has 0 bridgehead atoms. The van der Waals surface area contributed by atoms with Crippen LogP contribution in [0.2, 0.25) is 0 Å². The Morgan fingerprint density at radius 2 is 2.26 bits per heavy atom. The minimum atomic E-state index is -0.480. The zero-order valence-electron chi connectivity index (χ0n) is 10.6. The van der Waals surface area contributed by atoms with Gasteiger partial charge in [0.25, 0.3) is 0 Å². The Hall–Kier alpha value is -2.25. The summed E-state index contributed by atoms with van der Waals surface area (Å²) >= 11 is 0. The number of aromatic nitrogens is 1. The monoisotopic (exact) mass is 255 g/mol. The molecule has 4 heteroatoms. The van der Waals surface area contributed by atoms with Crippen LogP contribution < -0.4 is 5.32 Å². The molecular weight excluding hydrogens is 241 g/mol. The Morgan fingerprint density at radius 1 is 1.42 bits per heavy atom. The average molecular weight is 255 g/mol. The van der Waals surface area contributed by atoms with E-state index in [1.807, 2.05) is 31.3 Å². The molecule has 0 saturated carbocycles. The predicted molar refractivity (Wildman–Crippen MR) is 70.6 cm³/mol. The van der Waals surface area contributed by atoms with Crippen molar-refractivity contribution >= 4 is 0 Å². The van der Waals surface area contributed by atoms with Gasteiger partial charge in [-0.3, -0.25) is 4.98 Å². The molecule has 0 aliphatic carbocycles. The van der Waals surface area contributed by atoms with Crippen LogP contribution >= 0.6 is 0 Å². The smallest absolute Gasteiger partial charge is 0.140 e. The highest BCUT2D eigenvalue weighted by Crippen LogP contribution is 2.13. The topological polar surface area (TPSA) is 48.7 Å². The van der Waals surface area contributed by atoms with Gasteiger partial charge >= 0.3 is 0 Å². The van der Waals surface area contributed by atoms with Gasteiger partial charge in [0.2, 0.25) is 0 Å². The zero-order valence-corrected chi connectivity index (χ0v) is 10.6. The van der Waals surface area contributed by atoms with E-state index in [-0.39, 0.29) is 11.6 Å². The van der Waals surface area contributed by atoms with E-state index in [1.165, 1.54) is 6.07 Å². The van der Waals surface area contributed by atoms with Crippen LogP contribution in [0.1, 0.15) is 29.7 Å². The molecule has 0 aliphatic heterocycles. The predicted octanol–water partition coefficient (Wildman–Crippen LogP) is 2.94. The summed E-state index contributed by atoms with van der Waals surface area (Å²) in [6, 6.07) is 10.4. The van der Waals surface area contributed by atoms with Crippen molar-refractivity contribution < 1.29 is 4.39 Å². The van der Waals surface area contributed by atoms with Crippen molar-refractivity contribution in [1.82, 2.24) is 10.3 Å². The third-order valence-corrected chi connectivity index (χ3v) is 2.95. The van der Waals surface area contributed by atoms with E-state index in [1.54, 1.807) is 18.3 Å². The summed E-state index contributed by atoms with van der Waals surface area (Å²) in [6.07, 6.45) is 3.54. The van der Waals surface area contributed by atoms with E-state index >= 15 is 0 Å². The van der Waals surface area contributed by atoms with Gasteiger partial charge in [-0.05, 0) is 36.2 Å². The van der Waals surface area contributed by atoms with Gasteiger partial charge in [0.05, 0.1) is 5.56 Å². The second kappa shape index (κ2) is 6.07. The van der Waals surface area contributed by atoms with Gasteiger partial charge in [-0.25, -0.2) is 4.39 Å². The highest BCUT2D eigenvalue weighted by molar-refractivity contribution is 5.34. The number of nitrogens with one attached hydrogen (secondary N) is 1. The SMILES string of the molecule is C[C@H](NCc1ccc(F)c(C#N)c1)c1cccnc1. The minimum Gasteiger partial charge on any atom is -0.306 e.